The Hall–Kier alpha value is -1.26. The Morgan fingerprint density at radius 1 is 1.50 bits per heavy atom. The zero-order valence-electron chi connectivity index (χ0n) is 10.6. The molecular formula is C13H18ClNO3. The van der Waals surface area contributed by atoms with Gasteiger partial charge in [0.1, 0.15) is 5.60 Å². The summed E-state index contributed by atoms with van der Waals surface area (Å²) in [4.78, 5) is 10.8. The third-order valence-corrected chi connectivity index (χ3v) is 2.86. The zero-order valence-corrected chi connectivity index (χ0v) is 11.3. The van der Waals surface area contributed by atoms with Crippen LogP contribution in [0.5, 0.6) is 0 Å². The molecule has 4 nitrogen and oxygen atoms in total. The third-order valence-electron chi connectivity index (χ3n) is 2.51. The Labute approximate surface area is 112 Å². The van der Waals surface area contributed by atoms with Gasteiger partial charge >= 0.3 is 6.09 Å². The largest absolute Gasteiger partial charge is 0.443 e. The van der Waals surface area contributed by atoms with Crippen molar-refractivity contribution >= 4 is 17.7 Å². The lowest BCUT2D eigenvalue weighted by Crippen LogP contribution is -2.33. The molecule has 1 aromatic rings. The molecule has 0 radical (unpaired) electrons. The van der Waals surface area contributed by atoms with Crippen LogP contribution in [0.4, 0.5) is 4.79 Å². The number of aliphatic hydroxyl groups excluding tert-OH is 1. The van der Waals surface area contributed by atoms with Crippen LogP contribution in [0.25, 0.3) is 0 Å². The normalized spacial score (nSPS) is 11.3. The second-order valence-electron chi connectivity index (χ2n) is 4.76. The molecule has 0 heterocycles. The highest BCUT2D eigenvalue weighted by Crippen LogP contribution is 2.23. The Morgan fingerprint density at radius 3 is 2.67 bits per heavy atom. The van der Waals surface area contributed by atoms with Crippen molar-refractivity contribution in [3.63, 3.8) is 0 Å². The number of halogens is 1. The van der Waals surface area contributed by atoms with E-state index in [0.29, 0.717) is 17.9 Å². The van der Waals surface area contributed by atoms with E-state index < -0.39 is 11.7 Å². The summed E-state index contributed by atoms with van der Waals surface area (Å²) in [5.74, 6) is 0. The van der Waals surface area contributed by atoms with E-state index in [9.17, 15) is 4.79 Å². The standard InChI is InChI=1S/C13H18ClNO3/c1-13(2,18-12(15)17)8-9-3-4-10(5-6-16)11(14)7-9/h3-4,7,16H,5-6,8H2,1-2H3,(H2,15,17). The first-order valence-corrected chi connectivity index (χ1v) is 6.08. The number of hydrogen-bond donors (Lipinski definition) is 2. The molecule has 18 heavy (non-hydrogen) atoms. The molecule has 3 N–H and O–H groups in total. The number of amides is 1. The molecule has 0 saturated carbocycles. The van der Waals surface area contributed by atoms with Crippen molar-refractivity contribution < 1.29 is 14.6 Å². The number of nitrogens with two attached hydrogens (primary N) is 1. The molecule has 100 valence electrons. The average molecular weight is 272 g/mol. The summed E-state index contributed by atoms with van der Waals surface area (Å²) in [7, 11) is 0. The van der Waals surface area contributed by atoms with Crippen molar-refractivity contribution in [3.8, 4) is 0 Å². The summed E-state index contributed by atoms with van der Waals surface area (Å²) in [5, 5.41) is 9.48. The van der Waals surface area contributed by atoms with E-state index >= 15 is 0 Å². The molecular weight excluding hydrogens is 254 g/mol. The summed E-state index contributed by atoms with van der Waals surface area (Å²) >= 11 is 6.10. The monoisotopic (exact) mass is 271 g/mol. The van der Waals surface area contributed by atoms with Gasteiger partial charge in [-0.3, -0.25) is 0 Å². The van der Waals surface area contributed by atoms with E-state index in [1.54, 1.807) is 13.8 Å². The minimum atomic E-state index is -0.789. The van der Waals surface area contributed by atoms with E-state index in [2.05, 4.69) is 0 Å². The van der Waals surface area contributed by atoms with Gasteiger partial charge in [0.2, 0.25) is 0 Å². The van der Waals surface area contributed by atoms with Gasteiger partial charge in [0, 0.05) is 18.1 Å². The molecule has 0 aliphatic rings. The first-order valence-electron chi connectivity index (χ1n) is 5.70. The number of aliphatic hydroxyl groups is 1. The van der Waals surface area contributed by atoms with Crippen LogP contribution < -0.4 is 5.73 Å². The number of carbonyl (C=O) groups is 1. The van der Waals surface area contributed by atoms with Crippen molar-refractivity contribution in [2.45, 2.75) is 32.3 Å². The number of benzene rings is 1. The van der Waals surface area contributed by atoms with E-state index in [1.807, 2.05) is 18.2 Å². The number of hydrogen-bond acceptors (Lipinski definition) is 3. The SMILES string of the molecule is CC(C)(Cc1ccc(CCO)c(Cl)c1)OC(N)=O. The van der Waals surface area contributed by atoms with Crippen molar-refractivity contribution in [2.75, 3.05) is 6.61 Å². The summed E-state index contributed by atoms with van der Waals surface area (Å²) in [6, 6.07) is 5.59. The van der Waals surface area contributed by atoms with Gasteiger partial charge in [-0.25, -0.2) is 4.79 Å². The van der Waals surface area contributed by atoms with E-state index in [0.717, 1.165) is 11.1 Å². The summed E-state index contributed by atoms with van der Waals surface area (Å²) in [6.07, 6.45) is 0.262. The number of rotatable bonds is 5. The second-order valence-corrected chi connectivity index (χ2v) is 5.16. The first kappa shape index (κ1) is 14.8. The maximum atomic E-state index is 10.8. The second kappa shape index (κ2) is 6.07. The molecule has 1 rings (SSSR count). The van der Waals surface area contributed by atoms with Crippen molar-refractivity contribution in [3.05, 3.63) is 34.3 Å². The minimum Gasteiger partial charge on any atom is -0.443 e. The van der Waals surface area contributed by atoms with Crippen LogP contribution in [0, 0.1) is 0 Å². The quantitative estimate of drug-likeness (QED) is 0.863. The molecule has 0 unspecified atom stereocenters. The van der Waals surface area contributed by atoms with Gasteiger partial charge in [-0.15, -0.1) is 0 Å². The highest BCUT2D eigenvalue weighted by molar-refractivity contribution is 6.31. The Bertz CT molecular complexity index is 432. The zero-order chi connectivity index (χ0) is 13.8. The molecule has 5 heteroatoms. The summed E-state index contributed by atoms with van der Waals surface area (Å²) in [5.41, 5.74) is 6.19. The smallest absolute Gasteiger partial charge is 0.405 e. The minimum absolute atomic E-state index is 0.0648. The molecule has 0 aliphatic carbocycles. The van der Waals surface area contributed by atoms with Crippen molar-refractivity contribution in [2.24, 2.45) is 5.73 Å². The number of primary amides is 1. The molecule has 0 saturated heterocycles. The van der Waals surface area contributed by atoms with Gasteiger partial charge in [-0.2, -0.15) is 0 Å². The van der Waals surface area contributed by atoms with Crippen molar-refractivity contribution in [1.29, 1.82) is 0 Å². The van der Waals surface area contributed by atoms with Gasteiger partial charge in [0.15, 0.2) is 0 Å². The van der Waals surface area contributed by atoms with Crippen LogP contribution in [-0.4, -0.2) is 23.4 Å². The third kappa shape index (κ3) is 4.55. The van der Waals surface area contributed by atoms with Gasteiger partial charge in [-0.05, 0) is 37.5 Å². The maximum Gasteiger partial charge on any atom is 0.405 e. The van der Waals surface area contributed by atoms with Crippen LogP contribution >= 0.6 is 11.6 Å². The average Bonchev–Trinajstić information content (AvgIpc) is 2.19. The highest BCUT2D eigenvalue weighted by atomic mass is 35.5. The van der Waals surface area contributed by atoms with E-state index in [-0.39, 0.29) is 6.61 Å². The molecule has 0 bridgehead atoms. The van der Waals surface area contributed by atoms with Gasteiger partial charge in [-0.1, -0.05) is 23.7 Å². The Morgan fingerprint density at radius 2 is 2.17 bits per heavy atom. The van der Waals surface area contributed by atoms with Crippen LogP contribution in [0.1, 0.15) is 25.0 Å². The molecule has 1 aromatic carbocycles. The molecule has 0 atom stereocenters. The number of ether oxygens (including phenoxy) is 1. The fourth-order valence-electron chi connectivity index (χ4n) is 1.82. The van der Waals surface area contributed by atoms with E-state index in [1.165, 1.54) is 0 Å². The lowest BCUT2D eigenvalue weighted by molar-refractivity contribution is 0.0460. The lowest BCUT2D eigenvalue weighted by Gasteiger charge is -2.24. The predicted molar refractivity (Wildman–Crippen MR) is 70.7 cm³/mol. The molecule has 0 aliphatic heterocycles. The van der Waals surface area contributed by atoms with Crippen LogP contribution in [0.15, 0.2) is 18.2 Å². The molecule has 0 spiro atoms. The predicted octanol–water partition coefficient (Wildman–Crippen LogP) is 2.29. The van der Waals surface area contributed by atoms with Gasteiger partial charge in [0.05, 0.1) is 0 Å². The fraction of sp³-hybridized carbons (Fsp3) is 0.462. The first-order chi connectivity index (χ1) is 8.34. The van der Waals surface area contributed by atoms with Crippen LogP contribution in [0.3, 0.4) is 0 Å². The molecule has 0 fully saturated rings. The fourth-order valence-corrected chi connectivity index (χ4v) is 2.12. The Balaban J connectivity index is 2.79. The molecule has 0 aromatic heterocycles. The summed E-state index contributed by atoms with van der Waals surface area (Å²) in [6.45, 7) is 3.63. The topological polar surface area (TPSA) is 72.6 Å². The van der Waals surface area contributed by atoms with Gasteiger partial charge in [0.25, 0.3) is 0 Å². The van der Waals surface area contributed by atoms with Gasteiger partial charge < -0.3 is 15.6 Å². The van der Waals surface area contributed by atoms with Crippen molar-refractivity contribution in [1.82, 2.24) is 0 Å². The Kier molecular flexibility index (Phi) is 4.99. The van der Waals surface area contributed by atoms with E-state index in [4.69, 9.17) is 27.2 Å². The summed E-state index contributed by atoms with van der Waals surface area (Å²) < 4.78 is 5.02. The number of carbonyl (C=O) groups excluding carboxylic acids is 1. The maximum absolute atomic E-state index is 10.8. The van der Waals surface area contributed by atoms with Crippen LogP contribution in [0.2, 0.25) is 5.02 Å². The van der Waals surface area contributed by atoms with Crippen LogP contribution in [-0.2, 0) is 17.6 Å². The lowest BCUT2D eigenvalue weighted by atomic mass is 9.97. The highest BCUT2D eigenvalue weighted by Gasteiger charge is 2.22. The molecule has 1 amide bonds.